The van der Waals surface area contributed by atoms with Crippen LogP contribution in [0.1, 0.15) is 6.92 Å². The highest BCUT2D eigenvalue weighted by Gasteiger charge is 2.20. The smallest absolute Gasteiger partial charge is 0.112 e. The normalized spacial score (nSPS) is 20.3. The summed E-state index contributed by atoms with van der Waals surface area (Å²) in [5.41, 5.74) is 3.10. The second kappa shape index (κ2) is 4.82. The highest BCUT2D eigenvalue weighted by atomic mass is 79.9. The molecule has 0 bridgehead atoms. The SMILES string of the molecule is CC1CNCCN1c1ccnc2cc(Br)cnc12. The topological polar surface area (TPSA) is 41.0 Å². The lowest BCUT2D eigenvalue weighted by molar-refractivity contribution is 0.501. The maximum atomic E-state index is 4.52. The van der Waals surface area contributed by atoms with Crippen molar-refractivity contribution in [3.8, 4) is 0 Å². The van der Waals surface area contributed by atoms with Crippen molar-refractivity contribution in [1.82, 2.24) is 15.3 Å². The van der Waals surface area contributed by atoms with Crippen LogP contribution < -0.4 is 10.2 Å². The molecule has 0 aliphatic carbocycles. The number of nitrogens with one attached hydrogen (secondary N) is 1. The van der Waals surface area contributed by atoms with Gasteiger partial charge in [0.2, 0.25) is 0 Å². The maximum absolute atomic E-state index is 4.52. The summed E-state index contributed by atoms with van der Waals surface area (Å²) in [6.07, 6.45) is 3.70. The van der Waals surface area contributed by atoms with Crippen LogP contribution in [0.3, 0.4) is 0 Å². The summed E-state index contributed by atoms with van der Waals surface area (Å²) >= 11 is 3.44. The molecule has 0 aromatic carbocycles. The Labute approximate surface area is 115 Å². The molecule has 1 saturated heterocycles. The predicted octanol–water partition coefficient (Wildman–Crippen LogP) is 2.19. The van der Waals surface area contributed by atoms with Gasteiger partial charge in [0.05, 0.1) is 11.2 Å². The second-order valence-corrected chi connectivity index (χ2v) is 5.51. The predicted molar refractivity (Wildman–Crippen MR) is 76.9 cm³/mol. The van der Waals surface area contributed by atoms with E-state index in [1.165, 1.54) is 5.69 Å². The molecular formula is C13H15BrN4. The molecule has 2 aromatic rings. The summed E-state index contributed by atoms with van der Waals surface area (Å²) in [4.78, 5) is 11.3. The van der Waals surface area contributed by atoms with Gasteiger partial charge in [-0.2, -0.15) is 0 Å². The minimum absolute atomic E-state index is 0.481. The fourth-order valence-corrected chi connectivity index (χ4v) is 2.74. The van der Waals surface area contributed by atoms with E-state index in [9.17, 15) is 0 Å². The van der Waals surface area contributed by atoms with Gasteiger partial charge in [0.15, 0.2) is 0 Å². The van der Waals surface area contributed by atoms with Crippen molar-refractivity contribution in [3.63, 3.8) is 0 Å². The third kappa shape index (κ3) is 2.08. The van der Waals surface area contributed by atoms with Crippen molar-refractivity contribution in [2.45, 2.75) is 13.0 Å². The molecule has 1 aliphatic rings. The molecule has 18 heavy (non-hydrogen) atoms. The molecule has 1 atom stereocenters. The lowest BCUT2D eigenvalue weighted by Gasteiger charge is -2.36. The van der Waals surface area contributed by atoms with E-state index in [0.29, 0.717) is 6.04 Å². The van der Waals surface area contributed by atoms with E-state index in [1.54, 1.807) is 0 Å². The zero-order valence-electron chi connectivity index (χ0n) is 10.2. The van der Waals surface area contributed by atoms with E-state index < -0.39 is 0 Å². The van der Waals surface area contributed by atoms with Crippen LogP contribution in [0.4, 0.5) is 5.69 Å². The van der Waals surface area contributed by atoms with E-state index in [-0.39, 0.29) is 0 Å². The minimum Gasteiger partial charge on any atom is -0.364 e. The summed E-state index contributed by atoms with van der Waals surface area (Å²) in [6, 6.07) is 4.55. The number of hydrogen-bond acceptors (Lipinski definition) is 4. The van der Waals surface area contributed by atoms with Crippen molar-refractivity contribution < 1.29 is 0 Å². The van der Waals surface area contributed by atoms with Gasteiger partial charge in [-0.25, -0.2) is 0 Å². The molecule has 2 aromatic heterocycles. The van der Waals surface area contributed by atoms with Crippen LogP contribution in [0, 0.1) is 0 Å². The van der Waals surface area contributed by atoms with Gasteiger partial charge >= 0.3 is 0 Å². The molecule has 0 saturated carbocycles. The Balaban J connectivity index is 2.10. The highest BCUT2D eigenvalue weighted by Crippen LogP contribution is 2.27. The van der Waals surface area contributed by atoms with Crippen molar-refractivity contribution in [2.24, 2.45) is 0 Å². The molecule has 1 aliphatic heterocycles. The highest BCUT2D eigenvalue weighted by molar-refractivity contribution is 9.10. The number of pyridine rings is 2. The number of aromatic nitrogens is 2. The fourth-order valence-electron chi connectivity index (χ4n) is 2.42. The van der Waals surface area contributed by atoms with Crippen molar-refractivity contribution in [1.29, 1.82) is 0 Å². The van der Waals surface area contributed by atoms with E-state index in [0.717, 1.165) is 35.1 Å². The lowest BCUT2D eigenvalue weighted by atomic mass is 10.1. The lowest BCUT2D eigenvalue weighted by Crippen LogP contribution is -2.50. The van der Waals surface area contributed by atoms with Crippen LogP contribution in [0.15, 0.2) is 29.0 Å². The van der Waals surface area contributed by atoms with Crippen molar-refractivity contribution in [3.05, 3.63) is 29.0 Å². The van der Waals surface area contributed by atoms with Crippen LogP contribution in [-0.4, -0.2) is 35.6 Å². The number of nitrogens with zero attached hydrogens (tertiary/aromatic N) is 3. The Hall–Kier alpha value is -1.20. The summed E-state index contributed by atoms with van der Waals surface area (Å²) in [7, 11) is 0. The minimum atomic E-state index is 0.481. The summed E-state index contributed by atoms with van der Waals surface area (Å²) in [5, 5.41) is 3.41. The molecule has 4 nitrogen and oxygen atoms in total. The van der Waals surface area contributed by atoms with Gasteiger partial charge < -0.3 is 10.2 Å². The Kier molecular flexibility index (Phi) is 3.18. The molecule has 1 unspecified atom stereocenters. The molecule has 5 heteroatoms. The Morgan fingerprint density at radius 3 is 3.17 bits per heavy atom. The van der Waals surface area contributed by atoms with Gasteiger partial charge in [0.1, 0.15) is 5.52 Å². The first kappa shape index (κ1) is 11.9. The Morgan fingerprint density at radius 2 is 2.33 bits per heavy atom. The number of halogens is 1. The van der Waals surface area contributed by atoms with Crippen LogP contribution in [0.25, 0.3) is 11.0 Å². The third-order valence-corrected chi connectivity index (χ3v) is 3.77. The van der Waals surface area contributed by atoms with Crippen molar-refractivity contribution >= 4 is 32.7 Å². The van der Waals surface area contributed by atoms with Gasteiger partial charge in [-0.3, -0.25) is 9.97 Å². The van der Waals surface area contributed by atoms with Gasteiger partial charge in [-0.05, 0) is 35.0 Å². The molecule has 3 rings (SSSR count). The monoisotopic (exact) mass is 306 g/mol. The Bertz CT molecular complexity index is 572. The molecule has 94 valence electrons. The van der Waals surface area contributed by atoms with Crippen LogP contribution in [-0.2, 0) is 0 Å². The summed E-state index contributed by atoms with van der Waals surface area (Å²) in [5.74, 6) is 0. The van der Waals surface area contributed by atoms with Crippen molar-refractivity contribution in [2.75, 3.05) is 24.5 Å². The van der Waals surface area contributed by atoms with Crippen LogP contribution >= 0.6 is 15.9 Å². The quantitative estimate of drug-likeness (QED) is 0.877. The molecular weight excluding hydrogens is 292 g/mol. The Morgan fingerprint density at radius 1 is 1.44 bits per heavy atom. The number of anilines is 1. The first-order valence-corrected chi connectivity index (χ1v) is 6.92. The molecule has 1 fully saturated rings. The van der Waals surface area contributed by atoms with E-state index in [2.05, 4.69) is 49.1 Å². The van der Waals surface area contributed by atoms with Gasteiger partial charge in [0, 0.05) is 42.5 Å². The number of piperazine rings is 1. The molecule has 0 amide bonds. The standard InChI is InChI=1S/C13H15BrN4/c1-9-7-15-4-5-18(9)12-2-3-16-11-6-10(14)8-17-13(11)12/h2-3,6,8-9,15H,4-5,7H2,1H3. The van der Waals surface area contributed by atoms with E-state index in [1.807, 2.05) is 18.5 Å². The zero-order chi connectivity index (χ0) is 12.5. The average Bonchev–Trinajstić information content (AvgIpc) is 2.38. The average molecular weight is 307 g/mol. The number of fused-ring (bicyclic) bond motifs is 1. The maximum Gasteiger partial charge on any atom is 0.112 e. The van der Waals surface area contributed by atoms with E-state index in [4.69, 9.17) is 0 Å². The molecule has 0 spiro atoms. The summed E-state index contributed by atoms with van der Waals surface area (Å²) in [6.45, 7) is 5.28. The zero-order valence-corrected chi connectivity index (χ0v) is 11.8. The largest absolute Gasteiger partial charge is 0.364 e. The third-order valence-electron chi connectivity index (χ3n) is 3.33. The van der Waals surface area contributed by atoms with Gasteiger partial charge in [-0.1, -0.05) is 0 Å². The second-order valence-electron chi connectivity index (χ2n) is 4.60. The number of hydrogen-bond donors (Lipinski definition) is 1. The van der Waals surface area contributed by atoms with Crippen LogP contribution in [0.2, 0.25) is 0 Å². The molecule has 1 N–H and O–H groups in total. The fraction of sp³-hybridized carbons (Fsp3) is 0.385. The van der Waals surface area contributed by atoms with Gasteiger partial charge in [0.25, 0.3) is 0 Å². The first-order valence-electron chi connectivity index (χ1n) is 6.13. The molecule has 3 heterocycles. The van der Waals surface area contributed by atoms with Crippen LogP contribution in [0.5, 0.6) is 0 Å². The molecule has 0 radical (unpaired) electrons. The van der Waals surface area contributed by atoms with Gasteiger partial charge in [-0.15, -0.1) is 0 Å². The first-order chi connectivity index (χ1) is 8.75. The number of rotatable bonds is 1. The summed E-state index contributed by atoms with van der Waals surface area (Å²) < 4.78 is 0.966. The van der Waals surface area contributed by atoms with E-state index >= 15 is 0 Å².